The van der Waals surface area contributed by atoms with Crippen LogP contribution in [0, 0.1) is 5.41 Å². The maximum Gasteiger partial charge on any atom is 0.0579 e. The lowest BCUT2D eigenvalue weighted by Crippen LogP contribution is -2.52. The van der Waals surface area contributed by atoms with Crippen molar-refractivity contribution in [3.63, 3.8) is 0 Å². The Labute approximate surface area is 123 Å². The summed E-state index contributed by atoms with van der Waals surface area (Å²) in [5.74, 6) is 0. The van der Waals surface area contributed by atoms with E-state index < -0.39 is 0 Å². The van der Waals surface area contributed by atoms with Gasteiger partial charge in [-0.1, -0.05) is 30.3 Å². The Morgan fingerprint density at radius 2 is 1.95 bits per heavy atom. The number of hydrogen-bond donors (Lipinski definition) is 2. The summed E-state index contributed by atoms with van der Waals surface area (Å²) in [4.78, 5) is 2.61. The summed E-state index contributed by atoms with van der Waals surface area (Å²) in [6, 6.07) is 14.8. The highest BCUT2D eigenvalue weighted by Gasteiger charge is 2.37. The van der Waals surface area contributed by atoms with E-state index in [0.717, 1.165) is 13.1 Å². The van der Waals surface area contributed by atoms with Crippen LogP contribution in [-0.4, -0.2) is 31.5 Å². The van der Waals surface area contributed by atoms with Crippen LogP contribution in [0.3, 0.4) is 0 Å². The first-order valence-corrected chi connectivity index (χ1v) is 7.66. The zero-order valence-electron chi connectivity index (χ0n) is 11.3. The van der Waals surface area contributed by atoms with E-state index in [-0.39, 0.29) is 12.0 Å². The van der Waals surface area contributed by atoms with E-state index in [1.54, 1.807) is 0 Å². The molecule has 0 unspecified atom stereocenters. The largest absolute Gasteiger partial charge is 0.396 e. The van der Waals surface area contributed by atoms with Crippen molar-refractivity contribution in [2.75, 3.05) is 26.4 Å². The summed E-state index contributed by atoms with van der Waals surface area (Å²) in [6.07, 6.45) is 0. The van der Waals surface area contributed by atoms with Crippen molar-refractivity contribution >= 4 is 11.3 Å². The van der Waals surface area contributed by atoms with Crippen LogP contribution in [0.25, 0.3) is 10.4 Å². The van der Waals surface area contributed by atoms with Crippen molar-refractivity contribution in [3.8, 4) is 10.4 Å². The van der Waals surface area contributed by atoms with E-state index in [9.17, 15) is 5.11 Å². The SMILES string of the molecule is OCC1(CNCc2ccc(-c3ccccc3)s2)COC1. The van der Waals surface area contributed by atoms with Gasteiger partial charge >= 0.3 is 0 Å². The second-order valence-electron chi connectivity index (χ2n) is 5.39. The van der Waals surface area contributed by atoms with Gasteiger partial charge in [0, 0.05) is 22.8 Å². The highest BCUT2D eigenvalue weighted by molar-refractivity contribution is 7.15. The summed E-state index contributed by atoms with van der Waals surface area (Å²) < 4.78 is 5.20. The molecule has 1 aliphatic heterocycles. The molecule has 0 amide bonds. The average Bonchev–Trinajstić information content (AvgIpc) is 2.92. The fourth-order valence-electron chi connectivity index (χ4n) is 2.32. The van der Waals surface area contributed by atoms with E-state index in [4.69, 9.17) is 4.74 Å². The summed E-state index contributed by atoms with van der Waals surface area (Å²) in [5.41, 5.74) is 1.21. The lowest BCUT2D eigenvalue weighted by Gasteiger charge is -2.39. The Morgan fingerprint density at radius 1 is 1.15 bits per heavy atom. The summed E-state index contributed by atoms with van der Waals surface area (Å²) in [7, 11) is 0. The van der Waals surface area contributed by atoms with Gasteiger partial charge in [-0.2, -0.15) is 0 Å². The molecule has 1 saturated heterocycles. The maximum absolute atomic E-state index is 9.37. The van der Waals surface area contributed by atoms with Crippen LogP contribution in [0.15, 0.2) is 42.5 Å². The number of rotatable bonds is 6. The topological polar surface area (TPSA) is 41.5 Å². The summed E-state index contributed by atoms with van der Waals surface area (Å²) in [5, 5.41) is 12.8. The third-order valence-corrected chi connectivity index (χ3v) is 4.81. The van der Waals surface area contributed by atoms with Crippen molar-refractivity contribution in [1.29, 1.82) is 0 Å². The molecule has 1 aromatic carbocycles. The van der Waals surface area contributed by atoms with Crippen LogP contribution in [-0.2, 0) is 11.3 Å². The molecule has 3 nitrogen and oxygen atoms in total. The second-order valence-corrected chi connectivity index (χ2v) is 6.55. The minimum absolute atomic E-state index is 0.0560. The van der Waals surface area contributed by atoms with Crippen LogP contribution in [0.5, 0.6) is 0 Å². The van der Waals surface area contributed by atoms with Crippen LogP contribution in [0.2, 0.25) is 0 Å². The number of aliphatic hydroxyl groups excluding tert-OH is 1. The fourth-order valence-corrected chi connectivity index (χ4v) is 3.30. The third-order valence-electron chi connectivity index (χ3n) is 3.67. The fraction of sp³-hybridized carbons (Fsp3) is 0.375. The quantitative estimate of drug-likeness (QED) is 0.858. The lowest BCUT2D eigenvalue weighted by molar-refractivity contribution is -0.134. The molecular weight excluding hydrogens is 270 g/mol. The van der Waals surface area contributed by atoms with Gasteiger partial charge in [0.05, 0.1) is 25.2 Å². The van der Waals surface area contributed by atoms with Crippen LogP contribution >= 0.6 is 11.3 Å². The van der Waals surface area contributed by atoms with Gasteiger partial charge in [-0.3, -0.25) is 0 Å². The van der Waals surface area contributed by atoms with Crippen LogP contribution in [0.1, 0.15) is 4.88 Å². The molecule has 1 aromatic heterocycles. The van der Waals surface area contributed by atoms with Crippen molar-refractivity contribution in [2.24, 2.45) is 5.41 Å². The van der Waals surface area contributed by atoms with Gasteiger partial charge in [-0.25, -0.2) is 0 Å². The first-order chi connectivity index (χ1) is 9.81. The highest BCUT2D eigenvalue weighted by Crippen LogP contribution is 2.29. The molecule has 2 aromatic rings. The monoisotopic (exact) mass is 289 g/mol. The Bertz CT molecular complexity index is 543. The molecule has 2 heterocycles. The van der Waals surface area contributed by atoms with Crippen LogP contribution < -0.4 is 5.32 Å². The molecule has 1 fully saturated rings. The molecular formula is C16H19NO2S. The van der Waals surface area contributed by atoms with Gasteiger partial charge in [0.15, 0.2) is 0 Å². The second kappa shape index (κ2) is 6.06. The van der Waals surface area contributed by atoms with Gasteiger partial charge in [0.25, 0.3) is 0 Å². The summed E-state index contributed by atoms with van der Waals surface area (Å²) in [6.45, 7) is 3.17. The van der Waals surface area contributed by atoms with E-state index in [1.165, 1.54) is 15.3 Å². The van der Waals surface area contributed by atoms with Gasteiger partial charge in [-0.05, 0) is 17.7 Å². The average molecular weight is 289 g/mol. The highest BCUT2D eigenvalue weighted by atomic mass is 32.1. The third kappa shape index (κ3) is 2.94. The number of ether oxygens (including phenoxy) is 1. The van der Waals surface area contributed by atoms with Gasteiger partial charge < -0.3 is 15.2 Å². The van der Waals surface area contributed by atoms with Crippen molar-refractivity contribution < 1.29 is 9.84 Å². The van der Waals surface area contributed by atoms with E-state index >= 15 is 0 Å². The molecule has 106 valence electrons. The molecule has 3 rings (SSSR count). The molecule has 20 heavy (non-hydrogen) atoms. The molecule has 0 spiro atoms. The standard InChI is InChI=1S/C16H19NO2S/c18-10-16(11-19-12-16)9-17-8-14-6-7-15(20-14)13-4-2-1-3-5-13/h1-7,17-18H,8-12H2. The number of aliphatic hydroxyl groups is 1. The van der Waals surface area contributed by atoms with E-state index in [2.05, 4.69) is 41.7 Å². The zero-order valence-corrected chi connectivity index (χ0v) is 12.2. The predicted molar refractivity (Wildman–Crippen MR) is 81.8 cm³/mol. The van der Waals surface area contributed by atoms with Crippen LogP contribution in [0.4, 0.5) is 0 Å². The number of nitrogens with one attached hydrogen (secondary N) is 1. The molecule has 1 aliphatic rings. The van der Waals surface area contributed by atoms with E-state index in [0.29, 0.717) is 13.2 Å². The minimum Gasteiger partial charge on any atom is -0.396 e. The number of hydrogen-bond acceptors (Lipinski definition) is 4. The Kier molecular flexibility index (Phi) is 4.17. The molecule has 2 N–H and O–H groups in total. The molecule has 0 radical (unpaired) electrons. The van der Waals surface area contributed by atoms with E-state index in [1.807, 2.05) is 17.4 Å². The normalized spacial score (nSPS) is 16.9. The van der Waals surface area contributed by atoms with Crippen molar-refractivity contribution in [3.05, 3.63) is 47.3 Å². The Balaban J connectivity index is 1.55. The Morgan fingerprint density at radius 3 is 2.60 bits per heavy atom. The number of benzene rings is 1. The molecule has 0 aliphatic carbocycles. The first-order valence-electron chi connectivity index (χ1n) is 6.85. The minimum atomic E-state index is -0.0560. The first kappa shape index (κ1) is 13.8. The predicted octanol–water partition coefficient (Wildman–Crippen LogP) is 2.51. The molecule has 0 saturated carbocycles. The summed E-state index contributed by atoms with van der Waals surface area (Å²) >= 11 is 1.81. The van der Waals surface area contributed by atoms with Gasteiger partial charge in [0.1, 0.15) is 0 Å². The smallest absolute Gasteiger partial charge is 0.0579 e. The Hall–Kier alpha value is -1.20. The zero-order chi connectivity index (χ0) is 13.8. The number of thiophene rings is 1. The van der Waals surface area contributed by atoms with Gasteiger partial charge in [-0.15, -0.1) is 11.3 Å². The molecule has 0 bridgehead atoms. The van der Waals surface area contributed by atoms with Crippen molar-refractivity contribution in [2.45, 2.75) is 6.54 Å². The van der Waals surface area contributed by atoms with Crippen molar-refractivity contribution in [1.82, 2.24) is 5.32 Å². The lowest BCUT2D eigenvalue weighted by atomic mass is 9.87. The maximum atomic E-state index is 9.37. The molecule has 4 heteroatoms. The van der Waals surface area contributed by atoms with Gasteiger partial charge in [0.2, 0.25) is 0 Å². The molecule has 0 atom stereocenters.